The van der Waals surface area contributed by atoms with Crippen LogP contribution in [0.4, 0.5) is 5.95 Å². The maximum Gasteiger partial charge on any atom is 0.240 e. The van der Waals surface area contributed by atoms with Gasteiger partial charge in [-0.05, 0) is 31.9 Å². The molecule has 0 spiro atoms. The highest BCUT2D eigenvalue weighted by molar-refractivity contribution is 5.88. The van der Waals surface area contributed by atoms with Crippen LogP contribution in [0.1, 0.15) is 19.3 Å². The van der Waals surface area contributed by atoms with Crippen LogP contribution in [0.3, 0.4) is 0 Å². The Morgan fingerprint density at radius 1 is 1.23 bits per heavy atom. The molecule has 2 aliphatic rings. The van der Waals surface area contributed by atoms with Gasteiger partial charge in [-0.25, -0.2) is 9.97 Å². The number of rotatable bonds is 6. The van der Waals surface area contributed by atoms with Gasteiger partial charge in [0.1, 0.15) is 0 Å². The van der Waals surface area contributed by atoms with Crippen molar-refractivity contribution in [1.82, 2.24) is 20.2 Å². The van der Waals surface area contributed by atoms with E-state index in [1.54, 1.807) is 12.4 Å². The highest BCUT2D eigenvalue weighted by atomic mass is 16.2. The van der Waals surface area contributed by atoms with E-state index in [1.165, 1.54) is 0 Å². The topological polar surface area (TPSA) is 87.4 Å². The summed E-state index contributed by atoms with van der Waals surface area (Å²) in [4.78, 5) is 24.9. The summed E-state index contributed by atoms with van der Waals surface area (Å²) in [6.45, 7) is 5.62. The summed E-state index contributed by atoms with van der Waals surface area (Å²) in [7, 11) is 0. The lowest BCUT2D eigenvalue weighted by Crippen LogP contribution is -2.48. The molecule has 22 heavy (non-hydrogen) atoms. The molecule has 7 heteroatoms. The number of carbonyl (C=O) groups excluding carboxylic acids is 1. The van der Waals surface area contributed by atoms with E-state index in [4.69, 9.17) is 5.73 Å². The zero-order chi connectivity index (χ0) is 15.4. The molecule has 1 saturated heterocycles. The lowest BCUT2D eigenvalue weighted by Gasteiger charge is -2.34. The van der Waals surface area contributed by atoms with Gasteiger partial charge in [0.15, 0.2) is 0 Å². The van der Waals surface area contributed by atoms with E-state index >= 15 is 0 Å². The molecule has 0 aromatic carbocycles. The Kier molecular flexibility index (Phi) is 4.54. The third-order valence-corrected chi connectivity index (χ3v) is 4.38. The van der Waals surface area contributed by atoms with Gasteiger partial charge in [-0.1, -0.05) is 0 Å². The summed E-state index contributed by atoms with van der Waals surface area (Å²) < 4.78 is 0. The van der Waals surface area contributed by atoms with E-state index in [-0.39, 0.29) is 5.91 Å². The molecule has 1 aromatic heterocycles. The average molecular weight is 304 g/mol. The van der Waals surface area contributed by atoms with Crippen molar-refractivity contribution in [2.45, 2.75) is 24.8 Å². The van der Waals surface area contributed by atoms with Crippen LogP contribution < -0.4 is 16.0 Å². The highest BCUT2D eigenvalue weighted by Gasteiger charge is 2.45. The van der Waals surface area contributed by atoms with Crippen LogP contribution in [0, 0.1) is 0 Å². The standard InChI is InChI=1S/C15H24N6O/c16-15(3-4-15)13(22)17-7-2-8-20-9-11-21(12-10-20)14-18-5-1-6-19-14/h1,5-6H,2-4,7-12,16H2,(H,17,22). The van der Waals surface area contributed by atoms with Gasteiger partial charge in [-0.2, -0.15) is 0 Å². The molecule has 120 valence electrons. The van der Waals surface area contributed by atoms with Crippen LogP contribution in [-0.2, 0) is 4.79 Å². The molecule has 1 amide bonds. The zero-order valence-electron chi connectivity index (χ0n) is 12.9. The van der Waals surface area contributed by atoms with Gasteiger partial charge in [0.2, 0.25) is 11.9 Å². The number of nitrogens with zero attached hydrogens (tertiary/aromatic N) is 4. The Bertz CT molecular complexity index is 496. The first-order chi connectivity index (χ1) is 10.7. The fraction of sp³-hybridized carbons (Fsp3) is 0.667. The first kappa shape index (κ1) is 15.2. The Labute approximate surface area is 130 Å². The number of amides is 1. The van der Waals surface area contributed by atoms with E-state index in [0.29, 0.717) is 6.54 Å². The zero-order valence-corrected chi connectivity index (χ0v) is 12.9. The Morgan fingerprint density at radius 2 is 1.91 bits per heavy atom. The van der Waals surface area contributed by atoms with Crippen molar-refractivity contribution in [2.75, 3.05) is 44.2 Å². The summed E-state index contributed by atoms with van der Waals surface area (Å²) >= 11 is 0. The minimum absolute atomic E-state index is 0.0125. The predicted octanol–water partition coefficient (Wildman–Crippen LogP) is -0.404. The largest absolute Gasteiger partial charge is 0.354 e. The lowest BCUT2D eigenvalue weighted by atomic mass is 10.2. The van der Waals surface area contributed by atoms with Crippen molar-refractivity contribution in [3.05, 3.63) is 18.5 Å². The normalized spacial score (nSPS) is 20.7. The fourth-order valence-electron chi connectivity index (χ4n) is 2.67. The Balaban J connectivity index is 1.32. The number of anilines is 1. The molecular weight excluding hydrogens is 280 g/mol. The third-order valence-electron chi connectivity index (χ3n) is 4.38. The van der Waals surface area contributed by atoms with E-state index in [2.05, 4.69) is 25.1 Å². The van der Waals surface area contributed by atoms with Crippen LogP contribution in [0.5, 0.6) is 0 Å². The molecule has 3 N–H and O–H groups in total. The molecule has 0 bridgehead atoms. The van der Waals surface area contributed by atoms with Gasteiger partial charge < -0.3 is 16.0 Å². The average Bonchev–Trinajstić information content (AvgIpc) is 3.32. The number of aromatic nitrogens is 2. The molecule has 2 heterocycles. The quantitative estimate of drug-likeness (QED) is 0.695. The summed E-state index contributed by atoms with van der Waals surface area (Å²) in [6, 6.07) is 1.83. The monoisotopic (exact) mass is 304 g/mol. The highest BCUT2D eigenvalue weighted by Crippen LogP contribution is 2.31. The second-order valence-corrected chi connectivity index (χ2v) is 6.14. The minimum Gasteiger partial charge on any atom is -0.354 e. The van der Waals surface area contributed by atoms with E-state index < -0.39 is 5.54 Å². The number of carbonyl (C=O) groups is 1. The van der Waals surface area contributed by atoms with Gasteiger partial charge in [0.25, 0.3) is 0 Å². The molecule has 3 rings (SSSR count). The maximum atomic E-state index is 11.7. The van der Waals surface area contributed by atoms with Crippen LogP contribution in [0.15, 0.2) is 18.5 Å². The second-order valence-electron chi connectivity index (χ2n) is 6.14. The van der Waals surface area contributed by atoms with Crippen LogP contribution in [0.25, 0.3) is 0 Å². The number of piperazine rings is 1. The predicted molar refractivity (Wildman–Crippen MR) is 84.5 cm³/mol. The van der Waals surface area contributed by atoms with Crippen molar-refractivity contribution >= 4 is 11.9 Å². The fourth-order valence-corrected chi connectivity index (χ4v) is 2.67. The van der Waals surface area contributed by atoms with Crippen molar-refractivity contribution in [2.24, 2.45) is 5.73 Å². The van der Waals surface area contributed by atoms with Gasteiger partial charge in [0, 0.05) is 45.1 Å². The number of hydrogen-bond donors (Lipinski definition) is 2. The lowest BCUT2D eigenvalue weighted by molar-refractivity contribution is -0.123. The smallest absolute Gasteiger partial charge is 0.240 e. The first-order valence-electron chi connectivity index (χ1n) is 7.99. The number of nitrogens with one attached hydrogen (secondary N) is 1. The van der Waals surface area contributed by atoms with Crippen molar-refractivity contribution < 1.29 is 4.79 Å². The summed E-state index contributed by atoms with van der Waals surface area (Å²) in [5, 5.41) is 2.94. The van der Waals surface area contributed by atoms with Gasteiger partial charge in [0.05, 0.1) is 5.54 Å². The molecular formula is C15H24N6O. The maximum absolute atomic E-state index is 11.7. The first-order valence-corrected chi connectivity index (χ1v) is 7.99. The third kappa shape index (κ3) is 3.72. The summed E-state index contributed by atoms with van der Waals surface area (Å²) in [5.41, 5.74) is 5.29. The Morgan fingerprint density at radius 3 is 2.55 bits per heavy atom. The van der Waals surface area contributed by atoms with E-state index in [9.17, 15) is 4.79 Å². The van der Waals surface area contributed by atoms with Crippen LogP contribution >= 0.6 is 0 Å². The van der Waals surface area contributed by atoms with E-state index in [1.807, 2.05) is 6.07 Å². The molecule has 1 saturated carbocycles. The number of hydrogen-bond acceptors (Lipinski definition) is 6. The van der Waals surface area contributed by atoms with Gasteiger partial charge >= 0.3 is 0 Å². The van der Waals surface area contributed by atoms with Crippen molar-refractivity contribution in [1.29, 1.82) is 0 Å². The summed E-state index contributed by atoms with van der Waals surface area (Å²) in [6.07, 6.45) is 6.16. The van der Waals surface area contributed by atoms with Gasteiger partial charge in [-0.3, -0.25) is 9.69 Å². The van der Waals surface area contributed by atoms with Crippen LogP contribution in [-0.4, -0.2) is 65.6 Å². The molecule has 1 aliphatic heterocycles. The van der Waals surface area contributed by atoms with Crippen molar-refractivity contribution in [3.8, 4) is 0 Å². The molecule has 2 fully saturated rings. The molecule has 7 nitrogen and oxygen atoms in total. The van der Waals surface area contributed by atoms with Gasteiger partial charge in [-0.15, -0.1) is 0 Å². The molecule has 0 atom stereocenters. The molecule has 1 aromatic rings. The molecule has 0 radical (unpaired) electrons. The summed E-state index contributed by atoms with van der Waals surface area (Å²) in [5.74, 6) is 0.825. The second kappa shape index (κ2) is 6.58. The van der Waals surface area contributed by atoms with Crippen LogP contribution in [0.2, 0.25) is 0 Å². The molecule has 1 aliphatic carbocycles. The van der Waals surface area contributed by atoms with E-state index in [0.717, 1.165) is 57.9 Å². The number of nitrogens with two attached hydrogens (primary N) is 1. The van der Waals surface area contributed by atoms with Crippen molar-refractivity contribution in [3.63, 3.8) is 0 Å². The Hall–Kier alpha value is -1.73. The minimum atomic E-state index is -0.554. The SMILES string of the molecule is NC1(C(=O)NCCCN2CCN(c3ncccn3)CC2)CC1. The molecule has 0 unspecified atom stereocenters.